The topological polar surface area (TPSA) is 139 Å². The number of carbonyl (C=O) groups is 4. The van der Waals surface area contributed by atoms with Crippen LogP contribution in [0.3, 0.4) is 0 Å². The Hall–Kier alpha value is -3.46. The maximum Gasteiger partial charge on any atom is 0.267 e. The van der Waals surface area contributed by atoms with Crippen molar-refractivity contribution in [3.63, 3.8) is 0 Å². The molecule has 2 aliphatic rings. The predicted octanol–water partition coefficient (Wildman–Crippen LogP) is 5.73. The third-order valence-corrected chi connectivity index (χ3v) is 9.86. The number of hydrogen-bond donors (Lipinski definition) is 4. The lowest BCUT2D eigenvalue weighted by Crippen LogP contribution is -2.31. The SMILES string of the molecule is O=C(CCCCCN1C(=O)C(=C2SC(=S)N(CCCCCC(=O)Nc3ccccc3O)C2=O)SC1=S)Nc1ccccc1O. The molecule has 0 saturated carbocycles. The van der Waals surface area contributed by atoms with Crippen LogP contribution in [0.2, 0.25) is 0 Å². The van der Waals surface area contributed by atoms with E-state index in [4.69, 9.17) is 24.4 Å². The molecular weight excluding hydrogens is 641 g/mol. The molecule has 0 radical (unpaired) electrons. The number of phenolic OH excluding ortho intramolecular Hbond substituents is 2. The molecule has 2 fully saturated rings. The number of thioether (sulfide) groups is 2. The lowest BCUT2D eigenvalue weighted by atomic mass is 10.1. The van der Waals surface area contributed by atoms with Crippen LogP contribution in [0.25, 0.3) is 0 Å². The van der Waals surface area contributed by atoms with Crippen molar-refractivity contribution in [2.75, 3.05) is 23.7 Å². The first kappa shape index (κ1) is 33.4. The number of para-hydroxylation sites is 4. The van der Waals surface area contributed by atoms with E-state index < -0.39 is 0 Å². The molecule has 0 aromatic heterocycles. The van der Waals surface area contributed by atoms with Crippen LogP contribution in [0.5, 0.6) is 11.5 Å². The van der Waals surface area contributed by atoms with Crippen LogP contribution in [0, 0.1) is 0 Å². The molecule has 0 unspecified atom stereocenters. The fourth-order valence-electron chi connectivity index (χ4n) is 4.50. The van der Waals surface area contributed by atoms with E-state index in [1.807, 2.05) is 0 Å². The van der Waals surface area contributed by atoms with Gasteiger partial charge < -0.3 is 20.8 Å². The van der Waals surface area contributed by atoms with Gasteiger partial charge in [0.05, 0.1) is 21.2 Å². The van der Waals surface area contributed by atoms with E-state index in [2.05, 4.69) is 10.6 Å². The molecule has 2 aliphatic heterocycles. The summed E-state index contributed by atoms with van der Waals surface area (Å²) < 4.78 is 0.768. The molecule has 0 atom stereocenters. The Balaban J connectivity index is 1.18. The van der Waals surface area contributed by atoms with Gasteiger partial charge in [-0.2, -0.15) is 0 Å². The second kappa shape index (κ2) is 16.0. The molecule has 4 N–H and O–H groups in total. The first-order chi connectivity index (χ1) is 21.2. The normalized spacial score (nSPS) is 16.6. The van der Waals surface area contributed by atoms with E-state index in [0.29, 0.717) is 71.6 Å². The quantitative estimate of drug-likeness (QED) is 0.0852. The van der Waals surface area contributed by atoms with Gasteiger partial charge in [-0.3, -0.25) is 29.0 Å². The number of anilines is 2. The summed E-state index contributed by atoms with van der Waals surface area (Å²) in [5.41, 5.74) is 0.734. The van der Waals surface area contributed by atoms with Crippen molar-refractivity contribution in [2.45, 2.75) is 51.4 Å². The van der Waals surface area contributed by atoms with Crippen molar-refractivity contribution < 1.29 is 29.4 Å². The number of amides is 4. The van der Waals surface area contributed by atoms with E-state index in [-0.39, 0.29) is 57.8 Å². The lowest BCUT2D eigenvalue weighted by Gasteiger charge is -2.14. The number of benzene rings is 2. The molecule has 0 aliphatic carbocycles. The molecule has 2 aromatic rings. The van der Waals surface area contributed by atoms with Gasteiger partial charge in [0.25, 0.3) is 11.8 Å². The fourth-order valence-corrected chi connectivity index (χ4v) is 7.28. The zero-order valence-corrected chi connectivity index (χ0v) is 27.0. The summed E-state index contributed by atoms with van der Waals surface area (Å²) >= 11 is 13.1. The van der Waals surface area contributed by atoms with E-state index in [0.717, 1.165) is 23.5 Å². The van der Waals surface area contributed by atoms with Crippen molar-refractivity contribution in [3.05, 3.63) is 58.3 Å². The third kappa shape index (κ3) is 8.80. The number of carbonyl (C=O) groups excluding carboxylic acids is 4. The number of hydrogen-bond acceptors (Lipinski definition) is 10. The summed E-state index contributed by atoms with van der Waals surface area (Å²) in [5, 5.41) is 24.9. The highest BCUT2D eigenvalue weighted by Gasteiger charge is 2.41. The van der Waals surface area contributed by atoms with Crippen LogP contribution in [0.1, 0.15) is 51.4 Å². The van der Waals surface area contributed by atoms with Crippen molar-refractivity contribution in [1.29, 1.82) is 0 Å². The van der Waals surface area contributed by atoms with Crippen LogP contribution in [0.4, 0.5) is 11.4 Å². The van der Waals surface area contributed by atoms with Crippen LogP contribution in [0.15, 0.2) is 58.3 Å². The van der Waals surface area contributed by atoms with Crippen LogP contribution in [-0.2, 0) is 19.2 Å². The number of unbranched alkanes of at least 4 members (excludes halogenated alkanes) is 4. The van der Waals surface area contributed by atoms with Crippen molar-refractivity contribution in [3.8, 4) is 11.5 Å². The standard InChI is InChI=1S/C30H32N4O6S4/c35-21-13-7-5-11-19(21)31-23(37)15-3-1-9-17-33-27(39)25(43-29(33)41)26-28(40)34(30(42)44-26)18-10-2-4-16-24(38)32-20-12-6-8-14-22(20)36/h5-8,11-14,35-36H,1-4,9-10,15-18H2,(H,31,37)(H,32,38). The number of nitrogens with one attached hydrogen (secondary N) is 2. The Morgan fingerprint density at radius 3 is 1.41 bits per heavy atom. The second-order valence-electron chi connectivity index (χ2n) is 10.1. The lowest BCUT2D eigenvalue weighted by molar-refractivity contribution is -0.124. The Morgan fingerprint density at radius 2 is 1.02 bits per heavy atom. The molecule has 2 heterocycles. The maximum absolute atomic E-state index is 13.2. The highest BCUT2D eigenvalue weighted by Crippen LogP contribution is 2.42. The molecule has 14 heteroatoms. The molecule has 4 rings (SSSR count). The first-order valence-corrected chi connectivity index (χ1v) is 16.6. The predicted molar refractivity (Wildman–Crippen MR) is 181 cm³/mol. The number of rotatable bonds is 14. The van der Waals surface area contributed by atoms with Crippen molar-refractivity contribution in [2.24, 2.45) is 0 Å². The molecule has 44 heavy (non-hydrogen) atoms. The number of thiocarbonyl (C=S) groups is 2. The Bertz CT molecular complexity index is 1390. The van der Waals surface area contributed by atoms with Crippen LogP contribution in [-0.4, -0.2) is 65.4 Å². The van der Waals surface area contributed by atoms with Gasteiger partial charge in [0.1, 0.15) is 20.1 Å². The minimum Gasteiger partial charge on any atom is -0.506 e. The van der Waals surface area contributed by atoms with Gasteiger partial charge in [0, 0.05) is 25.9 Å². The fraction of sp³-hybridized carbons (Fsp3) is 0.333. The summed E-state index contributed by atoms with van der Waals surface area (Å²) in [6.45, 7) is 0.764. The van der Waals surface area contributed by atoms with E-state index in [1.54, 1.807) is 36.4 Å². The zero-order valence-electron chi connectivity index (χ0n) is 23.7. The number of phenols is 2. The average molecular weight is 673 g/mol. The van der Waals surface area contributed by atoms with Gasteiger partial charge in [-0.15, -0.1) is 0 Å². The maximum atomic E-state index is 13.2. The van der Waals surface area contributed by atoms with Crippen LogP contribution < -0.4 is 10.6 Å². The average Bonchev–Trinajstić information content (AvgIpc) is 3.43. The van der Waals surface area contributed by atoms with Gasteiger partial charge in [-0.05, 0) is 49.9 Å². The highest BCUT2D eigenvalue weighted by atomic mass is 32.2. The smallest absolute Gasteiger partial charge is 0.267 e. The molecule has 0 spiro atoms. The summed E-state index contributed by atoms with van der Waals surface area (Å²) in [4.78, 5) is 54.2. The van der Waals surface area contributed by atoms with Gasteiger partial charge in [-0.1, -0.05) is 85.1 Å². The molecule has 2 saturated heterocycles. The molecular formula is C30H32N4O6S4. The molecule has 232 valence electrons. The number of nitrogens with zero attached hydrogens (tertiary/aromatic N) is 2. The van der Waals surface area contributed by atoms with Gasteiger partial charge in [0.2, 0.25) is 11.8 Å². The van der Waals surface area contributed by atoms with Crippen LogP contribution >= 0.6 is 48.0 Å². The van der Waals surface area contributed by atoms with E-state index in [9.17, 15) is 29.4 Å². The summed E-state index contributed by atoms with van der Waals surface area (Å²) in [5.74, 6) is -1.00. The summed E-state index contributed by atoms with van der Waals surface area (Å²) in [6.07, 6.45) is 4.42. The zero-order chi connectivity index (χ0) is 31.6. The molecule has 2 aromatic carbocycles. The Morgan fingerprint density at radius 1 is 0.636 bits per heavy atom. The second-order valence-corrected chi connectivity index (χ2v) is 13.3. The minimum absolute atomic E-state index is 0.0101. The van der Waals surface area contributed by atoms with Gasteiger partial charge in [-0.25, -0.2) is 0 Å². The third-order valence-electron chi connectivity index (χ3n) is 6.83. The van der Waals surface area contributed by atoms with Crippen molar-refractivity contribution in [1.82, 2.24) is 9.80 Å². The van der Waals surface area contributed by atoms with Gasteiger partial charge >= 0.3 is 0 Å². The molecule has 0 bridgehead atoms. The largest absolute Gasteiger partial charge is 0.506 e. The highest BCUT2D eigenvalue weighted by molar-refractivity contribution is 8.29. The minimum atomic E-state index is -0.312. The summed E-state index contributed by atoms with van der Waals surface area (Å²) in [7, 11) is 0. The monoisotopic (exact) mass is 672 g/mol. The van der Waals surface area contributed by atoms with Gasteiger partial charge in [0.15, 0.2) is 0 Å². The Kier molecular flexibility index (Phi) is 12.2. The first-order valence-electron chi connectivity index (χ1n) is 14.1. The molecule has 10 nitrogen and oxygen atoms in total. The summed E-state index contributed by atoms with van der Waals surface area (Å²) in [6, 6.07) is 13.1. The van der Waals surface area contributed by atoms with Crippen molar-refractivity contribution >= 4 is 91.6 Å². The molecule has 4 amide bonds. The Labute approximate surface area is 274 Å². The number of aromatic hydroxyl groups is 2. The van der Waals surface area contributed by atoms with E-state index in [1.165, 1.54) is 21.9 Å². The van der Waals surface area contributed by atoms with E-state index >= 15 is 0 Å².